The fourth-order valence-electron chi connectivity index (χ4n) is 1.57. The van der Waals surface area contributed by atoms with Crippen LogP contribution in [-0.4, -0.2) is 15.4 Å². The van der Waals surface area contributed by atoms with E-state index in [-0.39, 0.29) is 6.54 Å². The van der Waals surface area contributed by atoms with Gasteiger partial charge in [0.25, 0.3) is 0 Å². The van der Waals surface area contributed by atoms with E-state index in [9.17, 15) is 0 Å². The molecule has 0 radical (unpaired) electrons. The Hall–Kier alpha value is -1.33. The maximum atomic E-state index is 5.47. The monoisotopic (exact) mass is 247 g/mol. The van der Waals surface area contributed by atoms with Crippen molar-refractivity contribution in [3.63, 3.8) is 0 Å². The molecule has 1 aliphatic carbocycles. The summed E-state index contributed by atoms with van der Waals surface area (Å²) in [6.45, 7) is 0.283. The number of hydrogen-bond donors (Lipinski definition) is 1. The molecule has 17 heavy (non-hydrogen) atoms. The number of aromatic nitrogens is 2. The molecule has 1 aromatic carbocycles. The lowest BCUT2D eigenvalue weighted by Gasteiger charge is -2.03. The quantitative estimate of drug-likeness (QED) is 0.899. The van der Waals surface area contributed by atoms with Gasteiger partial charge in [0.1, 0.15) is 0 Å². The van der Waals surface area contributed by atoms with Gasteiger partial charge in [-0.25, -0.2) is 0 Å². The second-order valence-electron chi connectivity index (χ2n) is 4.03. The zero-order valence-corrected chi connectivity index (χ0v) is 10.1. The first-order valence-electron chi connectivity index (χ1n) is 5.65. The Balaban J connectivity index is 1.94. The van der Waals surface area contributed by atoms with Gasteiger partial charge in [-0.3, -0.25) is 0 Å². The first-order valence-corrected chi connectivity index (χ1v) is 6.53. The summed E-state index contributed by atoms with van der Waals surface area (Å²) in [6.07, 6.45) is 2.61. The number of nitrogens with two attached hydrogens (primary N) is 1. The summed E-state index contributed by atoms with van der Waals surface area (Å²) < 4.78 is 5.05. The fraction of sp³-hybridized carbons (Fsp3) is 0.333. The standard InChI is InChI=1S/C12H13N3OS/c13-7-11-14-12(15-16-11)9-3-1-2-4-10(9)17-8-5-6-8/h1-4,8H,5-7,13H2. The van der Waals surface area contributed by atoms with Gasteiger partial charge >= 0.3 is 0 Å². The molecule has 0 spiro atoms. The van der Waals surface area contributed by atoms with Crippen molar-refractivity contribution in [2.45, 2.75) is 29.5 Å². The molecule has 1 aromatic heterocycles. The molecule has 0 saturated heterocycles. The van der Waals surface area contributed by atoms with E-state index < -0.39 is 0 Å². The first kappa shape index (κ1) is 10.8. The van der Waals surface area contributed by atoms with Crippen LogP contribution in [-0.2, 0) is 6.54 Å². The van der Waals surface area contributed by atoms with E-state index in [1.165, 1.54) is 17.7 Å². The van der Waals surface area contributed by atoms with Crippen LogP contribution in [0.15, 0.2) is 33.7 Å². The molecule has 0 aliphatic heterocycles. The van der Waals surface area contributed by atoms with Crippen LogP contribution >= 0.6 is 11.8 Å². The highest BCUT2D eigenvalue weighted by atomic mass is 32.2. The smallest absolute Gasteiger partial charge is 0.240 e. The molecule has 0 amide bonds. The Bertz CT molecular complexity index is 522. The molecule has 4 nitrogen and oxygen atoms in total. The van der Waals surface area contributed by atoms with Crippen molar-refractivity contribution in [3.05, 3.63) is 30.2 Å². The lowest BCUT2D eigenvalue weighted by atomic mass is 10.2. The van der Waals surface area contributed by atoms with Gasteiger partial charge in [-0.1, -0.05) is 17.3 Å². The second kappa shape index (κ2) is 4.50. The van der Waals surface area contributed by atoms with Gasteiger partial charge in [-0.15, -0.1) is 11.8 Å². The van der Waals surface area contributed by atoms with E-state index >= 15 is 0 Å². The van der Waals surface area contributed by atoms with Crippen molar-refractivity contribution in [2.24, 2.45) is 5.73 Å². The summed E-state index contributed by atoms with van der Waals surface area (Å²) >= 11 is 1.89. The number of rotatable bonds is 4. The largest absolute Gasteiger partial charge is 0.338 e. The number of benzene rings is 1. The van der Waals surface area contributed by atoms with Gasteiger partial charge in [0, 0.05) is 15.7 Å². The predicted octanol–water partition coefficient (Wildman–Crippen LogP) is 2.45. The molecule has 1 fully saturated rings. The third-order valence-corrected chi connectivity index (χ3v) is 4.00. The minimum atomic E-state index is 0.283. The van der Waals surface area contributed by atoms with Gasteiger partial charge in [0.05, 0.1) is 6.54 Å². The topological polar surface area (TPSA) is 64.9 Å². The van der Waals surface area contributed by atoms with Crippen LogP contribution < -0.4 is 5.73 Å². The molecular formula is C12H13N3OS. The Labute approximate surface area is 104 Å². The summed E-state index contributed by atoms with van der Waals surface area (Å²) in [5.74, 6) is 1.11. The van der Waals surface area contributed by atoms with Crippen molar-refractivity contribution in [1.82, 2.24) is 10.1 Å². The van der Waals surface area contributed by atoms with Crippen LogP contribution in [0.5, 0.6) is 0 Å². The lowest BCUT2D eigenvalue weighted by molar-refractivity contribution is 0.380. The SMILES string of the molecule is NCc1nc(-c2ccccc2SC2CC2)no1. The third-order valence-electron chi connectivity index (χ3n) is 2.59. The zero-order valence-electron chi connectivity index (χ0n) is 9.30. The number of nitrogens with zero attached hydrogens (tertiary/aromatic N) is 2. The molecule has 1 saturated carbocycles. The van der Waals surface area contributed by atoms with Gasteiger partial charge in [-0.2, -0.15) is 4.98 Å². The Morgan fingerprint density at radius 3 is 2.88 bits per heavy atom. The van der Waals surface area contributed by atoms with E-state index in [0.29, 0.717) is 11.7 Å². The van der Waals surface area contributed by atoms with E-state index in [2.05, 4.69) is 16.2 Å². The maximum Gasteiger partial charge on any atom is 0.240 e. The Morgan fingerprint density at radius 2 is 2.18 bits per heavy atom. The lowest BCUT2D eigenvalue weighted by Crippen LogP contribution is -1.95. The van der Waals surface area contributed by atoms with Crippen molar-refractivity contribution in [1.29, 1.82) is 0 Å². The highest BCUT2D eigenvalue weighted by Gasteiger charge is 2.24. The molecule has 88 valence electrons. The van der Waals surface area contributed by atoms with Gasteiger partial charge in [-0.05, 0) is 25.0 Å². The zero-order chi connectivity index (χ0) is 11.7. The fourth-order valence-corrected chi connectivity index (χ4v) is 2.74. The van der Waals surface area contributed by atoms with Crippen LogP contribution in [0.2, 0.25) is 0 Å². The highest BCUT2D eigenvalue weighted by molar-refractivity contribution is 8.00. The van der Waals surface area contributed by atoms with Crippen molar-refractivity contribution >= 4 is 11.8 Å². The average Bonchev–Trinajstić information content (AvgIpc) is 3.05. The minimum absolute atomic E-state index is 0.283. The minimum Gasteiger partial charge on any atom is -0.338 e. The van der Waals surface area contributed by atoms with Gasteiger partial charge in [0.2, 0.25) is 11.7 Å². The number of hydrogen-bond acceptors (Lipinski definition) is 5. The van der Waals surface area contributed by atoms with Crippen LogP contribution in [0.4, 0.5) is 0 Å². The first-order chi connectivity index (χ1) is 8.36. The molecule has 5 heteroatoms. The van der Waals surface area contributed by atoms with Crippen LogP contribution in [0.3, 0.4) is 0 Å². The molecule has 2 N–H and O–H groups in total. The molecule has 0 unspecified atom stereocenters. The third kappa shape index (κ3) is 2.35. The molecule has 1 aliphatic rings. The molecular weight excluding hydrogens is 234 g/mol. The Kier molecular flexibility index (Phi) is 2.86. The normalized spacial score (nSPS) is 15.1. The van der Waals surface area contributed by atoms with Crippen molar-refractivity contribution in [3.8, 4) is 11.4 Å². The van der Waals surface area contributed by atoms with E-state index in [1.807, 2.05) is 30.0 Å². The maximum absolute atomic E-state index is 5.47. The predicted molar refractivity (Wildman–Crippen MR) is 66.5 cm³/mol. The molecule has 0 atom stereocenters. The van der Waals surface area contributed by atoms with Crippen molar-refractivity contribution < 1.29 is 4.52 Å². The molecule has 0 bridgehead atoms. The summed E-state index contributed by atoms with van der Waals surface area (Å²) in [7, 11) is 0. The second-order valence-corrected chi connectivity index (χ2v) is 5.37. The van der Waals surface area contributed by atoms with Gasteiger partial charge in [0.15, 0.2) is 0 Å². The van der Waals surface area contributed by atoms with E-state index in [4.69, 9.17) is 10.3 Å². The van der Waals surface area contributed by atoms with Gasteiger partial charge < -0.3 is 10.3 Å². The molecule has 1 heterocycles. The van der Waals surface area contributed by atoms with Crippen LogP contribution in [0.25, 0.3) is 11.4 Å². The van der Waals surface area contributed by atoms with E-state index in [1.54, 1.807) is 0 Å². The summed E-state index contributed by atoms with van der Waals surface area (Å²) in [6, 6.07) is 8.16. The van der Waals surface area contributed by atoms with Crippen LogP contribution in [0, 0.1) is 0 Å². The van der Waals surface area contributed by atoms with E-state index in [0.717, 1.165) is 10.8 Å². The average molecular weight is 247 g/mol. The highest BCUT2D eigenvalue weighted by Crippen LogP contribution is 2.42. The van der Waals surface area contributed by atoms with Crippen LogP contribution in [0.1, 0.15) is 18.7 Å². The molecule has 3 rings (SSSR count). The summed E-state index contributed by atoms with van der Waals surface area (Å²) in [5, 5.41) is 4.73. The van der Waals surface area contributed by atoms with Crippen molar-refractivity contribution in [2.75, 3.05) is 0 Å². The summed E-state index contributed by atoms with van der Waals surface area (Å²) in [4.78, 5) is 5.49. The Morgan fingerprint density at radius 1 is 1.35 bits per heavy atom. The number of thioether (sulfide) groups is 1. The molecule has 2 aromatic rings. The summed E-state index contributed by atoms with van der Waals surface area (Å²) in [5.41, 5.74) is 6.50.